The highest BCUT2D eigenvalue weighted by atomic mass is 33.1. The van der Waals surface area contributed by atoms with Crippen LogP contribution in [0.15, 0.2) is 18.2 Å². The van der Waals surface area contributed by atoms with E-state index in [0.717, 1.165) is 73.0 Å². The number of ether oxygens (including phenoxy) is 9. The molecule has 33 heteroatoms. The SMILES string of the molecule is CCCCCCCCCCSSCCOC(=O)CCN(CCOC(=O)c1cc(C(=O)OCCN(CCC(=O)OCCSSCCCCCCCCCC)CCC(=O)OCCSSCCCCCCCCCC)cc(C(=O)OCCN(CCC(=O)OCCSSCCCCCCCCCC)CCC(=O)OCCSSCCCCCCCCCC)c1)CCC(=O)OCCSSCCCCCCCCCC. The first-order valence-corrected chi connectivity index (χ1v) is 68.9. The highest BCUT2D eigenvalue weighted by Crippen LogP contribution is 2.30. The minimum Gasteiger partial charge on any atom is -0.465 e. The van der Waals surface area contributed by atoms with Crippen molar-refractivity contribution in [3.63, 3.8) is 0 Å². The van der Waals surface area contributed by atoms with Crippen LogP contribution in [0, 0.1) is 0 Å². The van der Waals surface area contributed by atoms with Crippen molar-refractivity contribution in [3.05, 3.63) is 34.9 Å². The Morgan fingerprint density at radius 3 is 0.464 bits per heavy atom. The molecule has 1 aromatic rings. The van der Waals surface area contributed by atoms with Gasteiger partial charge in [0.1, 0.15) is 59.5 Å². The van der Waals surface area contributed by atoms with E-state index in [1.165, 1.54) is 288 Å². The van der Waals surface area contributed by atoms with Gasteiger partial charge in [-0.25, -0.2) is 14.4 Å². The second kappa shape index (κ2) is 107. The van der Waals surface area contributed by atoms with E-state index in [-0.39, 0.29) is 174 Å². The van der Waals surface area contributed by atoms with E-state index in [0.29, 0.717) is 34.5 Å². The molecule has 0 heterocycles. The first-order chi connectivity index (χ1) is 67.7. The summed E-state index contributed by atoms with van der Waals surface area (Å²) >= 11 is 0. The molecular weight excluding hydrogens is 1980 g/mol. The number of esters is 9. The molecule has 21 nitrogen and oxygen atoms in total. The summed E-state index contributed by atoms with van der Waals surface area (Å²) in [6.07, 6.45) is 60.7. The topological polar surface area (TPSA) is 246 Å². The van der Waals surface area contributed by atoms with E-state index >= 15 is 0 Å². The molecule has 0 aliphatic rings. The molecule has 804 valence electrons. The first-order valence-electron chi connectivity index (χ1n) is 53.9. The fourth-order valence-electron chi connectivity index (χ4n) is 14.6. The standard InChI is InChI=1S/C105H189N3O18S12/c1-7-13-19-25-31-37-43-49-79-127-133-85-73-118-97(109)55-61-106(62-56-98(110)119-74-86-134-128-80-50-44-38-32-26-20-14-8-2)67-70-124-103(115)94-91-95(104(116)125-71-68-107(63-57-99(111)120-75-87-135-129-81-51-45-39-33-27-21-15-9-3)64-58-100(112)121-76-88-136-130-82-52-46-40-34-28-22-16-10-4)93-96(92-94)105(117)126-72-69-108(65-59-101(113)122-77-89-137-131-83-53-47-41-35-29-23-17-11-5)66-60-102(114)123-78-90-138-132-84-54-48-42-36-30-24-18-12-6/h91-93H,7-90H2,1-6H3. The summed E-state index contributed by atoms with van der Waals surface area (Å²) in [5, 5.41) is 0. The number of carbonyl (C=O) groups is 9. The molecule has 1 aromatic carbocycles. The molecule has 0 saturated carbocycles. The van der Waals surface area contributed by atoms with Crippen LogP contribution < -0.4 is 0 Å². The second-order valence-corrected chi connectivity index (χ2v) is 51.5. The first kappa shape index (κ1) is 135. The maximum Gasteiger partial charge on any atom is 0.338 e. The van der Waals surface area contributed by atoms with Crippen molar-refractivity contribution in [2.45, 2.75) is 388 Å². The Bertz CT molecular complexity index is 2570. The van der Waals surface area contributed by atoms with E-state index < -0.39 is 53.7 Å². The maximum absolute atomic E-state index is 14.5. The predicted octanol–water partition coefficient (Wildman–Crippen LogP) is 29.8. The summed E-state index contributed by atoms with van der Waals surface area (Å²) in [4.78, 5) is 129. The number of unbranched alkanes of at least 4 members (excludes halogenated alkanes) is 42. The average Bonchev–Trinajstić information content (AvgIpc) is 0.824. The van der Waals surface area contributed by atoms with Crippen LogP contribution in [0.3, 0.4) is 0 Å². The van der Waals surface area contributed by atoms with Gasteiger partial charge >= 0.3 is 53.7 Å². The third kappa shape index (κ3) is 93.1. The zero-order valence-electron chi connectivity index (χ0n) is 86.7. The molecule has 0 radical (unpaired) electrons. The second-order valence-electron chi connectivity index (χ2n) is 35.3. The van der Waals surface area contributed by atoms with E-state index in [2.05, 4.69) is 41.5 Å². The van der Waals surface area contributed by atoms with Crippen LogP contribution in [0.25, 0.3) is 0 Å². The summed E-state index contributed by atoms with van der Waals surface area (Å²) < 4.78 is 51.8. The van der Waals surface area contributed by atoms with Crippen LogP contribution in [0.1, 0.15) is 419 Å². The van der Waals surface area contributed by atoms with Crippen molar-refractivity contribution >= 4 is 183 Å². The Hall–Kier alpha value is -1.47. The van der Waals surface area contributed by atoms with Crippen molar-refractivity contribution in [1.29, 1.82) is 0 Å². The average molecular weight is 2170 g/mol. The molecule has 0 unspecified atom stereocenters. The Labute approximate surface area is 886 Å². The predicted molar refractivity (Wildman–Crippen MR) is 605 cm³/mol. The fourth-order valence-corrected chi connectivity index (χ4v) is 26.4. The van der Waals surface area contributed by atoms with Gasteiger partial charge in [0.15, 0.2) is 0 Å². The third-order valence-electron chi connectivity index (χ3n) is 22.9. The Morgan fingerprint density at radius 1 is 0.174 bits per heavy atom. The lowest BCUT2D eigenvalue weighted by molar-refractivity contribution is -0.145. The monoisotopic (exact) mass is 2160 g/mol. The van der Waals surface area contributed by atoms with Crippen LogP contribution in [-0.2, 0) is 71.4 Å². The summed E-state index contributed by atoms with van der Waals surface area (Å²) in [5.74, 6) is 5.13. The van der Waals surface area contributed by atoms with E-state index in [1.54, 1.807) is 130 Å². The van der Waals surface area contributed by atoms with Crippen LogP contribution in [0.5, 0.6) is 0 Å². The molecule has 1 rings (SSSR count). The fraction of sp³-hybridized carbons (Fsp3) is 0.857. The van der Waals surface area contributed by atoms with Crippen LogP contribution in [0.2, 0.25) is 0 Å². The quantitative estimate of drug-likeness (QED) is 0.0254. The largest absolute Gasteiger partial charge is 0.465 e. The molecule has 0 N–H and O–H groups in total. The van der Waals surface area contributed by atoms with Crippen LogP contribution >= 0.6 is 130 Å². The van der Waals surface area contributed by atoms with Crippen molar-refractivity contribution in [1.82, 2.24) is 14.7 Å². The van der Waals surface area contributed by atoms with Gasteiger partial charge in [-0.1, -0.05) is 441 Å². The molecule has 0 fully saturated rings. The smallest absolute Gasteiger partial charge is 0.338 e. The Morgan fingerprint density at radius 2 is 0.312 bits per heavy atom. The van der Waals surface area contributed by atoms with Gasteiger partial charge in [-0.15, -0.1) is 0 Å². The number of hydrogen-bond donors (Lipinski definition) is 0. The highest BCUT2D eigenvalue weighted by Gasteiger charge is 2.24. The number of nitrogens with zero attached hydrogens (tertiary/aromatic N) is 3. The minimum atomic E-state index is -0.887. The van der Waals surface area contributed by atoms with E-state index in [4.69, 9.17) is 42.6 Å². The van der Waals surface area contributed by atoms with Gasteiger partial charge in [0.05, 0.1) is 55.2 Å². The van der Waals surface area contributed by atoms with Crippen molar-refractivity contribution in [2.24, 2.45) is 0 Å². The van der Waals surface area contributed by atoms with E-state index in [1.807, 2.05) is 14.7 Å². The lowest BCUT2D eigenvalue weighted by atomic mass is 10.1. The third-order valence-corrected chi connectivity index (χ3v) is 37.7. The summed E-state index contributed by atoms with van der Waals surface area (Å²) in [6, 6.07) is 3.84. The number of hydrogen-bond acceptors (Lipinski definition) is 33. The van der Waals surface area contributed by atoms with Crippen LogP contribution in [0.4, 0.5) is 0 Å². The highest BCUT2D eigenvalue weighted by molar-refractivity contribution is 8.78. The molecule has 0 amide bonds. The molecule has 138 heavy (non-hydrogen) atoms. The van der Waals surface area contributed by atoms with Gasteiger partial charge in [-0.2, -0.15) is 0 Å². The summed E-state index contributed by atoms with van der Waals surface area (Å²) in [6.45, 7) is 15.8. The normalized spacial score (nSPS) is 11.5. The van der Waals surface area contributed by atoms with Gasteiger partial charge in [0.25, 0.3) is 0 Å². The lowest BCUT2D eigenvalue weighted by Gasteiger charge is -2.22. The summed E-state index contributed by atoms with van der Waals surface area (Å²) in [7, 11) is 21.0. The number of benzene rings is 1. The zero-order chi connectivity index (χ0) is 100. The molecule has 0 bridgehead atoms. The number of carbonyl (C=O) groups excluding carboxylic acids is 9. The van der Waals surface area contributed by atoms with Gasteiger partial charge in [-0.3, -0.25) is 43.5 Å². The maximum atomic E-state index is 14.5. The van der Waals surface area contributed by atoms with Gasteiger partial charge in [0.2, 0.25) is 0 Å². The van der Waals surface area contributed by atoms with Crippen molar-refractivity contribution < 1.29 is 85.8 Å². The Balaban J connectivity index is 3.57. The summed E-state index contributed by atoms with van der Waals surface area (Å²) in [5.41, 5.74) is -0.508. The van der Waals surface area contributed by atoms with Crippen LogP contribution in [-0.4, -0.2) is 256 Å². The lowest BCUT2D eigenvalue weighted by Crippen LogP contribution is -2.33. The van der Waals surface area contributed by atoms with Gasteiger partial charge in [-0.05, 0) is 56.7 Å². The van der Waals surface area contributed by atoms with Gasteiger partial charge < -0.3 is 42.6 Å². The molecule has 0 spiro atoms. The molecule has 0 atom stereocenters. The molecule has 0 aliphatic heterocycles. The molecular formula is C105H189N3O18S12. The molecule has 0 aromatic heterocycles. The van der Waals surface area contributed by atoms with Gasteiger partial charge in [0, 0.05) is 128 Å². The minimum absolute atomic E-state index is 0.0158. The number of rotatable bonds is 108. The molecule has 0 saturated heterocycles. The van der Waals surface area contributed by atoms with E-state index in [9.17, 15) is 43.2 Å². The van der Waals surface area contributed by atoms with Crippen molar-refractivity contribution in [2.75, 3.05) is 187 Å². The zero-order valence-corrected chi connectivity index (χ0v) is 96.5. The Kier molecular flexibility index (Phi) is 104. The molecule has 0 aliphatic carbocycles. The van der Waals surface area contributed by atoms with Crippen molar-refractivity contribution in [3.8, 4) is 0 Å².